The van der Waals surface area contributed by atoms with Gasteiger partial charge in [0.1, 0.15) is 5.75 Å². The molecule has 0 spiro atoms. The summed E-state index contributed by atoms with van der Waals surface area (Å²) in [6, 6.07) is 8.25. The predicted octanol–water partition coefficient (Wildman–Crippen LogP) is 2.33. The van der Waals surface area contributed by atoms with Crippen LogP contribution in [0.5, 0.6) is 11.8 Å². The molecule has 0 unspecified atom stereocenters. The lowest BCUT2D eigenvalue weighted by atomic mass is 10.2. The molecule has 0 saturated carbocycles. The number of hydrogen-bond donors (Lipinski definition) is 1. The van der Waals surface area contributed by atoms with Crippen molar-refractivity contribution in [3.63, 3.8) is 0 Å². The molecule has 6 heteroatoms. The molecule has 0 radical (unpaired) electrons. The van der Waals surface area contributed by atoms with Gasteiger partial charge in [-0.1, -0.05) is 11.6 Å². The molecule has 2 aromatic rings. The Labute approximate surface area is 122 Å². The molecule has 0 bridgehead atoms. The topological polar surface area (TPSA) is 50.3 Å². The molecule has 104 valence electrons. The highest BCUT2D eigenvalue weighted by atomic mass is 35.5. The van der Waals surface area contributed by atoms with Gasteiger partial charge in [-0.15, -0.1) is 0 Å². The number of nitrogens with one attached hydrogen (secondary N) is 1. The molecule has 0 aliphatic carbocycles. The third-order valence-corrected chi connectivity index (χ3v) is 3.32. The van der Waals surface area contributed by atoms with Gasteiger partial charge < -0.3 is 15.0 Å². The van der Waals surface area contributed by atoms with Gasteiger partial charge in [-0.25, -0.2) is 9.97 Å². The van der Waals surface area contributed by atoms with Crippen LogP contribution >= 0.6 is 11.6 Å². The Kier molecular flexibility index (Phi) is 3.99. The van der Waals surface area contributed by atoms with E-state index < -0.39 is 0 Å². The molecule has 1 saturated heterocycles. The third-order valence-electron chi connectivity index (χ3n) is 3.12. The first kappa shape index (κ1) is 13.1. The quantitative estimate of drug-likeness (QED) is 0.940. The van der Waals surface area contributed by atoms with E-state index in [0.29, 0.717) is 16.8 Å². The molecule has 2 heterocycles. The fourth-order valence-electron chi connectivity index (χ4n) is 2.11. The zero-order chi connectivity index (χ0) is 13.8. The molecular weight excluding hydrogens is 276 g/mol. The number of piperazine rings is 1. The van der Waals surface area contributed by atoms with Gasteiger partial charge in [0, 0.05) is 31.9 Å². The molecule has 1 N–H and O–H groups in total. The largest absolute Gasteiger partial charge is 0.424 e. The van der Waals surface area contributed by atoms with Gasteiger partial charge >= 0.3 is 6.01 Å². The Hall–Kier alpha value is -1.85. The molecule has 5 nitrogen and oxygen atoms in total. The number of rotatable bonds is 3. The zero-order valence-electron chi connectivity index (χ0n) is 10.9. The second-order valence-corrected chi connectivity index (χ2v) is 4.95. The van der Waals surface area contributed by atoms with Gasteiger partial charge in [0.05, 0.1) is 17.4 Å². The van der Waals surface area contributed by atoms with E-state index >= 15 is 0 Å². The molecular formula is C14H15ClN4O. The minimum absolute atomic E-state index is 0.296. The van der Waals surface area contributed by atoms with Gasteiger partial charge in [0.25, 0.3) is 0 Å². The van der Waals surface area contributed by atoms with E-state index in [2.05, 4.69) is 32.3 Å². The Bertz CT molecular complexity index is 552. The van der Waals surface area contributed by atoms with Crippen LogP contribution in [0, 0.1) is 0 Å². The van der Waals surface area contributed by atoms with E-state index in [1.807, 2.05) is 12.1 Å². The number of nitrogens with zero attached hydrogens (tertiary/aromatic N) is 3. The van der Waals surface area contributed by atoms with Crippen LogP contribution in [-0.2, 0) is 0 Å². The molecule has 3 rings (SSSR count). The number of benzene rings is 1. The van der Waals surface area contributed by atoms with Crippen molar-refractivity contribution in [3.8, 4) is 11.8 Å². The maximum absolute atomic E-state index is 5.73. The summed E-state index contributed by atoms with van der Waals surface area (Å²) in [7, 11) is 0. The van der Waals surface area contributed by atoms with Crippen molar-refractivity contribution in [2.75, 3.05) is 31.1 Å². The molecule has 1 fully saturated rings. The van der Waals surface area contributed by atoms with E-state index in [-0.39, 0.29) is 0 Å². The lowest BCUT2D eigenvalue weighted by molar-refractivity contribution is 0.441. The minimum Gasteiger partial charge on any atom is -0.424 e. The van der Waals surface area contributed by atoms with E-state index in [4.69, 9.17) is 16.3 Å². The number of halogens is 1. The average Bonchev–Trinajstić information content (AvgIpc) is 2.51. The third kappa shape index (κ3) is 3.18. The van der Waals surface area contributed by atoms with Crippen LogP contribution in [0.25, 0.3) is 0 Å². The number of anilines is 1. The van der Waals surface area contributed by atoms with Crippen LogP contribution in [0.4, 0.5) is 5.69 Å². The van der Waals surface area contributed by atoms with Gasteiger partial charge in [-0.05, 0) is 24.3 Å². The minimum atomic E-state index is 0.296. The average molecular weight is 291 g/mol. The zero-order valence-corrected chi connectivity index (χ0v) is 11.7. The first-order valence-corrected chi connectivity index (χ1v) is 6.90. The summed E-state index contributed by atoms with van der Waals surface area (Å²) >= 11 is 5.73. The maximum Gasteiger partial charge on any atom is 0.321 e. The highest BCUT2D eigenvalue weighted by molar-refractivity contribution is 6.30. The van der Waals surface area contributed by atoms with Crippen LogP contribution in [0.15, 0.2) is 36.7 Å². The van der Waals surface area contributed by atoms with Crippen LogP contribution in [0.2, 0.25) is 5.02 Å². The first-order chi connectivity index (χ1) is 9.81. The van der Waals surface area contributed by atoms with E-state index in [1.54, 1.807) is 0 Å². The molecule has 20 heavy (non-hydrogen) atoms. The fraction of sp³-hybridized carbons (Fsp3) is 0.286. The van der Waals surface area contributed by atoms with Gasteiger partial charge in [-0.2, -0.15) is 0 Å². The summed E-state index contributed by atoms with van der Waals surface area (Å²) < 4.78 is 5.56. The Morgan fingerprint density at radius 1 is 1.05 bits per heavy atom. The summed E-state index contributed by atoms with van der Waals surface area (Å²) in [6.07, 6.45) is 3.03. The summed E-state index contributed by atoms with van der Waals surface area (Å²) in [5.74, 6) is 0.714. The second-order valence-electron chi connectivity index (χ2n) is 4.52. The van der Waals surface area contributed by atoms with Gasteiger partial charge in [0.15, 0.2) is 0 Å². The number of hydrogen-bond acceptors (Lipinski definition) is 5. The smallest absolute Gasteiger partial charge is 0.321 e. The molecule has 1 aliphatic heterocycles. The van der Waals surface area contributed by atoms with Crippen LogP contribution < -0.4 is 15.0 Å². The van der Waals surface area contributed by atoms with Crippen molar-refractivity contribution in [1.29, 1.82) is 0 Å². The first-order valence-electron chi connectivity index (χ1n) is 6.52. The van der Waals surface area contributed by atoms with Crippen molar-refractivity contribution in [1.82, 2.24) is 15.3 Å². The van der Waals surface area contributed by atoms with Crippen molar-refractivity contribution in [2.45, 2.75) is 0 Å². The standard InChI is InChI=1S/C14H15ClN4O/c15-11-9-17-14(18-10-11)20-13-3-1-12(2-4-13)19-7-5-16-6-8-19/h1-4,9-10,16H,5-8H2. The Morgan fingerprint density at radius 3 is 2.35 bits per heavy atom. The van der Waals surface area contributed by atoms with Gasteiger partial charge in [0.2, 0.25) is 0 Å². The SMILES string of the molecule is Clc1cnc(Oc2ccc(N3CCNCC3)cc2)nc1. The van der Waals surface area contributed by atoms with Crippen molar-refractivity contribution < 1.29 is 4.74 Å². The van der Waals surface area contributed by atoms with Crippen LogP contribution in [0.3, 0.4) is 0 Å². The summed E-state index contributed by atoms with van der Waals surface area (Å²) in [5, 5.41) is 3.83. The summed E-state index contributed by atoms with van der Waals surface area (Å²) in [5.41, 5.74) is 1.20. The number of aromatic nitrogens is 2. The molecule has 1 aliphatic rings. The predicted molar refractivity (Wildman–Crippen MR) is 78.6 cm³/mol. The van der Waals surface area contributed by atoms with Crippen molar-refractivity contribution in [3.05, 3.63) is 41.7 Å². The second kappa shape index (κ2) is 6.07. The lowest BCUT2D eigenvalue weighted by Gasteiger charge is -2.29. The highest BCUT2D eigenvalue weighted by Gasteiger charge is 2.10. The Morgan fingerprint density at radius 2 is 1.70 bits per heavy atom. The van der Waals surface area contributed by atoms with Crippen LogP contribution in [0.1, 0.15) is 0 Å². The fourth-order valence-corrected chi connectivity index (χ4v) is 2.20. The normalized spacial score (nSPS) is 15.2. The lowest BCUT2D eigenvalue weighted by Crippen LogP contribution is -2.43. The van der Waals surface area contributed by atoms with E-state index in [0.717, 1.165) is 26.2 Å². The van der Waals surface area contributed by atoms with E-state index in [1.165, 1.54) is 18.1 Å². The van der Waals surface area contributed by atoms with Crippen molar-refractivity contribution >= 4 is 17.3 Å². The Balaban J connectivity index is 1.67. The molecule has 0 amide bonds. The number of ether oxygens (including phenoxy) is 1. The molecule has 0 atom stereocenters. The maximum atomic E-state index is 5.73. The van der Waals surface area contributed by atoms with Crippen molar-refractivity contribution in [2.24, 2.45) is 0 Å². The van der Waals surface area contributed by atoms with Gasteiger partial charge in [-0.3, -0.25) is 0 Å². The summed E-state index contributed by atoms with van der Waals surface area (Å²) in [4.78, 5) is 10.4. The van der Waals surface area contributed by atoms with E-state index in [9.17, 15) is 0 Å². The highest BCUT2D eigenvalue weighted by Crippen LogP contribution is 2.22. The monoisotopic (exact) mass is 290 g/mol. The molecule has 1 aromatic carbocycles. The van der Waals surface area contributed by atoms with Crippen LogP contribution in [-0.4, -0.2) is 36.1 Å². The molecule has 1 aromatic heterocycles. The summed E-state index contributed by atoms with van der Waals surface area (Å²) in [6.45, 7) is 4.11.